The third-order valence-electron chi connectivity index (χ3n) is 3.13. The molecule has 10 heteroatoms. The normalized spacial score (nSPS) is 10.9. The van der Waals surface area contributed by atoms with Gasteiger partial charge in [0.15, 0.2) is 5.69 Å². The largest absolute Gasteiger partial charge is 0.291 e. The monoisotopic (exact) mass is 375 g/mol. The van der Waals surface area contributed by atoms with E-state index in [-0.39, 0.29) is 11.4 Å². The number of nitro groups is 1. The second-order valence-corrected chi connectivity index (χ2v) is 6.53. The molecule has 0 fully saturated rings. The van der Waals surface area contributed by atoms with Crippen molar-refractivity contribution in [1.29, 1.82) is 0 Å². The van der Waals surface area contributed by atoms with E-state index in [4.69, 9.17) is 11.6 Å². The molecule has 25 heavy (non-hydrogen) atoms. The second kappa shape index (κ2) is 7.24. The molecule has 8 nitrogen and oxygen atoms in total. The molecule has 0 atom stereocenters. The van der Waals surface area contributed by atoms with Crippen LogP contribution >= 0.6 is 22.9 Å². The van der Waals surface area contributed by atoms with Crippen molar-refractivity contribution in [2.45, 2.75) is 0 Å². The highest BCUT2D eigenvalue weighted by Gasteiger charge is 2.12. The maximum absolute atomic E-state index is 12.0. The van der Waals surface area contributed by atoms with Crippen LogP contribution in [0.4, 0.5) is 5.69 Å². The number of benzene rings is 1. The van der Waals surface area contributed by atoms with Gasteiger partial charge in [-0.15, -0.1) is 11.3 Å². The van der Waals surface area contributed by atoms with Crippen molar-refractivity contribution in [1.82, 2.24) is 15.6 Å². The van der Waals surface area contributed by atoms with E-state index in [0.717, 1.165) is 4.88 Å². The van der Waals surface area contributed by atoms with Crippen molar-refractivity contribution in [2.75, 3.05) is 0 Å². The number of carbonyl (C=O) groups excluding carboxylic acids is 1. The fraction of sp³-hybridized carbons (Fsp3) is 0. The number of hydrazone groups is 1. The van der Waals surface area contributed by atoms with Crippen LogP contribution < -0.4 is 5.43 Å². The Hall–Kier alpha value is -3.04. The maximum atomic E-state index is 12.0. The Labute approximate surface area is 150 Å². The lowest BCUT2D eigenvalue weighted by Gasteiger charge is -1.95. The summed E-state index contributed by atoms with van der Waals surface area (Å²) < 4.78 is 0.642. The van der Waals surface area contributed by atoms with Gasteiger partial charge in [-0.05, 0) is 35.9 Å². The molecule has 0 aliphatic carbocycles. The van der Waals surface area contributed by atoms with Crippen LogP contribution in [0.1, 0.15) is 16.1 Å². The van der Waals surface area contributed by atoms with Gasteiger partial charge in [-0.25, -0.2) is 5.43 Å². The first-order chi connectivity index (χ1) is 12.0. The highest BCUT2D eigenvalue weighted by Crippen LogP contribution is 2.29. The van der Waals surface area contributed by atoms with Gasteiger partial charge in [-0.1, -0.05) is 11.6 Å². The number of rotatable bonds is 5. The zero-order chi connectivity index (χ0) is 17.8. The van der Waals surface area contributed by atoms with E-state index in [1.807, 2.05) is 6.07 Å². The number of nitrogens with zero attached hydrogens (tertiary/aromatic N) is 3. The zero-order valence-electron chi connectivity index (χ0n) is 12.5. The lowest BCUT2D eigenvalue weighted by molar-refractivity contribution is -0.384. The predicted molar refractivity (Wildman–Crippen MR) is 95.1 cm³/mol. The summed E-state index contributed by atoms with van der Waals surface area (Å²) in [5.74, 6) is -0.483. The van der Waals surface area contributed by atoms with E-state index in [9.17, 15) is 14.9 Å². The molecule has 1 amide bonds. The highest BCUT2D eigenvalue weighted by molar-refractivity contribution is 7.19. The molecule has 0 aliphatic heterocycles. The average molecular weight is 376 g/mol. The molecule has 0 spiro atoms. The first-order valence-corrected chi connectivity index (χ1v) is 8.11. The molecule has 0 aliphatic rings. The summed E-state index contributed by atoms with van der Waals surface area (Å²) in [6.07, 6.45) is 1.38. The summed E-state index contributed by atoms with van der Waals surface area (Å²) >= 11 is 7.25. The van der Waals surface area contributed by atoms with E-state index >= 15 is 0 Å². The number of aromatic nitrogens is 2. The van der Waals surface area contributed by atoms with Crippen LogP contribution in [-0.4, -0.2) is 27.2 Å². The fourth-order valence-corrected chi connectivity index (χ4v) is 2.94. The molecular formula is C15H10ClN5O3S. The van der Waals surface area contributed by atoms with Crippen molar-refractivity contribution >= 4 is 40.7 Å². The van der Waals surface area contributed by atoms with Gasteiger partial charge < -0.3 is 0 Å². The van der Waals surface area contributed by atoms with E-state index in [0.29, 0.717) is 15.6 Å². The number of amides is 1. The van der Waals surface area contributed by atoms with E-state index < -0.39 is 10.8 Å². The van der Waals surface area contributed by atoms with E-state index in [1.165, 1.54) is 41.8 Å². The molecule has 0 radical (unpaired) electrons. The van der Waals surface area contributed by atoms with Gasteiger partial charge in [0.25, 0.3) is 11.6 Å². The van der Waals surface area contributed by atoms with Crippen LogP contribution in [0.25, 0.3) is 10.6 Å². The summed E-state index contributed by atoms with van der Waals surface area (Å²) in [4.78, 5) is 23.0. The van der Waals surface area contributed by atoms with Crippen LogP contribution in [0.5, 0.6) is 0 Å². The Morgan fingerprint density at radius 3 is 2.72 bits per heavy atom. The number of hydrogen-bond donors (Lipinski definition) is 2. The Balaban J connectivity index is 1.62. The molecule has 0 bridgehead atoms. The Bertz CT molecular complexity index is 948. The van der Waals surface area contributed by atoms with E-state index in [2.05, 4.69) is 20.7 Å². The number of nitrogens with one attached hydrogen (secondary N) is 2. The molecule has 2 aromatic heterocycles. The van der Waals surface area contributed by atoms with Crippen molar-refractivity contribution in [2.24, 2.45) is 5.10 Å². The van der Waals surface area contributed by atoms with Crippen LogP contribution in [-0.2, 0) is 0 Å². The van der Waals surface area contributed by atoms with Gasteiger partial charge in [0, 0.05) is 12.1 Å². The van der Waals surface area contributed by atoms with Crippen LogP contribution in [0.2, 0.25) is 4.34 Å². The van der Waals surface area contributed by atoms with Crippen molar-refractivity contribution in [3.63, 3.8) is 0 Å². The lowest BCUT2D eigenvalue weighted by Crippen LogP contribution is -2.17. The van der Waals surface area contributed by atoms with E-state index in [1.54, 1.807) is 12.1 Å². The number of carbonyl (C=O) groups is 1. The molecule has 2 heterocycles. The Morgan fingerprint density at radius 1 is 1.32 bits per heavy atom. The van der Waals surface area contributed by atoms with Gasteiger partial charge in [0.1, 0.15) is 0 Å². The molecule has 1 aromatic carbocycles. The minimum Gasteiger partial charge on any atom is -0.276 e. The molecule has 3 aromatic rings. The molecule has 0 saturated carbocycles. The molecule has 0 saturated heterocycles. The Kier molecular flexibility index (Phi) is 4.87. The number of nitro benzene ring substituents is 1. The number of non-ortho nitro benzene ring substituents is 1. The number of H-pyrrole nitrogens is 1. The Morgan fingerprint density at radius 2 is 2.08 bits per heavy atom. The minimum absolute atomic E-state index is 0.0149. The summed E-state index contributed by atoms with van der Waals surface area (Å²) in [5, 5.41) is 21.1. The summed E-state index contributed by atoms with van der Waals surface area (Å²) in [6.45, 7) is 0. The van der Waals surface area contributed by atoms with Gasteiger partial charge in [0.2, 0.25) is 0 Å². The standard InChI is InChI=1S/C15H10ClN5O3S/c16-14-6-5-13(25-14)11-7-12(19-18-11)15(22)20-17-8-9-1-3-10(4-2-9)21(23)24/h1-8H,(H,18,19)(H,20,22). The van der Waals surface area contributed by atoms with Gasteiger partial charge >= 0.3 is 0 Å². The fourth-order valence-electron chi connectivity index (χ4n) is 1.93. The van der Waals surface area contributed by atoms with Gasteiger partial charge in [-0.3, -0.25) is 20.0 Å². The predicted octanol–water partition coefficient (Wildman–Crippen LogP) is 3.46. The molecule has 0 unspecified atom stereocenters. The zero-order valence-corrected chi connectivity index (χ0v) is 14.0. The highest BCUT2D eigenvalue weighted by atomic mass is 35.5. The van der Waals surface area contributed by atoms with Crippen molar-refractivity contribution in [3.8, 4) is 10.6 Å². The SMILES string of the molecule is O=C(NN=Cc1ccc([N+](=O)[O-])cc1)c1cc(-c2ccc(Cl)s2)[nH]n1. The smallest absolute Gasteiger partial charge is 0.276 e. The maximum Gasteiger partial charge on any atom is 0.291 e. The molecule has 3 rings (SSSR count). The number of halogens is 1. The minimum atomic E-state index is -0.487. The number of aromatic amines is 1. The molecular weight excluding hydrogens is 366 g/mol. The van der Waals surface area contributed by atoms with Gasteiger partial charge in [-0.2, -0.15) is 10.2 Å². The summed E-state index contributed by atoms with van der Waals surface area (Å²) in [6, 6.07) is 11.0. The first-order valence-electron chi connectivity index (χ1n) is 6.92. The van der Waals surface area contributed by atoms with Crippen LogP contribution in [0.15, 0.2) is 47.6 Å². The summed E-state index contributed by atoms with van der Waals surface area (Å²) in [5.41, 5.74) is 3.81. The summed E-state index contributed by atoms with van der Waals surface area (Å²) in [7, 11) is 0. The quantitative estimate of drug-likeness (QED) is 0.403. The first kappa shape index (κ1) is 16.8. The van der Waals surface area contributed by atoms with Crippen molar-refractivity contribution in [3.05, 3.63) is 68.2 Å². The molecule has 126 valence electrons. The average Bonchev–Trinajstić information content (AvgIpc) is 3.24. The van der Waals surface area contributed by atoms with Crippen LogP contribution in [0, 0.1) is 10.1 Å². The van der Waals surface area contributed by atoms with Crippen molar-refractivity contribution < 1.29 is 9.72 Å². The number of thiophene rings is 1. The van der Waals surface area contributed by atoms with Gasteiger partial charge in [0.05, 0.1) is 26.0 Å². The second-order valence-electron chi connectivity index (χ2n) is 4.82. The third-order valence-corrected chi connectivity index (χ3v) is 4.40. The third kappa shape index (κ3) is 4.08. The van der Waals surface area contributed by atoms with Crippen LogP contribution in [0.3, 0.4) is 0 Å². The lowest BCUT2D eigenvalue weighted by atomic mass is 10.2. The topological polar surface area (TPSA) is 113 Å². The number of hydrogen-bond acceptors (Lipinski definition) is 6. The molecule has 2 N–H and O–H groups in total.